The summed E-state index contributed by atoms with van der Waals surface area (Å²) in [5.74, 6) is 0.0827. The molecule has 124 valence electrons. The molecule has 4 rings (SSSR count). The molecule has 0 radical (unpaired) electrons. The SMILES string of the molecule is O=C(Nc1ccccc1)C1Nc2ccccc2C12CCCCCC2. The van der Waals surface area contributed by atoms with Crippen LogP contribution in [-0.2, 0) is 10.2 Å². The average Bonchev–Trinajstić information content (AvgIpc) is 2.76. The third-order valence-corrected chi connectivity index (χ3v) is 5.62. The number of hydrogen-bond donors (Lipinski definition) is 2. The molecule has 1 heterocycles. The highest BCUT2D eigenvalue weighted by atomic mass is 16.2. The number of benzene rings is 2. The molecule has 2 aromatic carbocycles. The molecule has 1 amide bonds. The maximum atomic E-state index is 13.1. The molecule has 3 nitrogen and oxygen atoms in total. The number of amides is 1. The molecule has 1 aliphatic carbocycles. The van der Waals surface area contributed by atoms with Gasteiger partial charge < -0.3 is 10.6 Å². The molecule has 1 atom stereocenters. The number of nitrogens with one attached hydrogen (secondary N) is 2. The second kappa shape index (κ2) is 6.31. The second-order valence-electron chi connectivity index (χ2n) is 7.05. The maximum absolute atomic E-state index is 13.1. The van der Waals surface area contributed by atoms with E-state index in [2.05, 4.69) is 28.8 Å². The predicted octanol–water partition coefficient (Wildman–Crippen LogP) is 4.71. The quantitative estimate of drug-likeness (QED) is 0.841. The van der Waals surface area contributed by atoms with Gasteiger partial charge in [-0.15, -0.1) is 0 Å². The standard InChI is InChI=1S/C21H24N2O/c24-20(22-16-10-4-3-5-11-16)19-21(14-8-1-2-9-15-21)17-12-6-7-13-18(17)23-19/h3-7,10-13,19,23H,1-2,8-9,14-15H2,(H,22,24). The highest BCUT2D eigenvalue weighted by Crippen LogP contribution is 2.49. The van der Waals surface area contributed by atoms with Crippen molar-refractivity contribution in [3.8, 4) is 0 Å². The molecular formula is C21H24N2O. The van der Waals surface area contributed by atoms with Crippen molar-refractivity contribution < 1.29 is 4.79 Å². The van der Waals surface area contributed by atoms with Gasteiger partial charge in [0, 0.05) is 16.8 Å². The Bertz CT molecular complexity index is 718. The van der Waals surface area contributed by atoms with Crippen LogP contribution in [0, 0.1) is 0 Å². The topological polar surface area (TPSA) is 41.1 Å². The van der Waals surface area contributed by atoms with E-state index in [9.17, 15) is 4.79 Å². The summed E-state index contributed by atoms with van der Waals surface area (Å²) in [6.07, 6.45) is 7.12. The van der Waals surface area contributed by atoms with Gasteiger partial charge in [-0.25, -0.2) is 0 Å². The lowest BCUT2D eigenvalue weighted by Gasteiger charge is -2.34. The predicted molar refractivity (Wildman–Crippen MR) is 98.3 cm³/mol. The van der Waals surface area contributed by atoms with Crippen molar-refractivity contribution in [3.63, 3.8) is 0 Å². The van der Waals surface area contributed by atoms with Gasteiger partial charge in [0.2, 0.25) is 5.91 Å². The zero-order valence-corrected chi connectivity index (χ0v) is 13.9. The lowest BCUT2D eigenvalue weighted by molar-refractivity contribution is -0.118. The molecule has 1 fully saturated rings. The van der Waals surface area contributed by atoms with E-state index in [-0.39, 0.29) is 17.4 Å². The molecule has 0 aromatic heterocycles. The molecular weight excluding hydrogens is 296 g/mol. The Labute approximate surface area is 143 Å². The fourth-order valence-corrected chi connectivity index (χ4v) is 4.46. The lowest BCUT2D eigenvalue weighted by atomic mass is 9.70. The first-order valence-corrected chi connectivity index (χ1v) is 9.02. The van der Waals surface area contributed by atoms with Gasteiger partial charge in [-0.1, -0.05) is 62.1 Å². The van der Waals surface area contributed by atoms with E-state index in [1.54, 1.807) is 0 Å². The van der Waals surface area contributed by atoms with Crippen LogP contribution in [0.3, 0.4) is 0 Å². The van der Waals surface area contributed by atoms with Crippen molar-refractivity contribution >= 4 is 17.3 Å². The van der Waals surface area contributed by atoms with Crippen LogP contribution in [-0.4, -0.2) is 11.9 Å². The van der Waals surface area contributed by atoms with Crippen molar-refractivity contribution in [1.82, 2.24) is 0 Å². The van der Waals surface area contributed by atoms with Crippen LogP contribution >= 0.6 is 0 Å². The van der Waals surface area contributed by atoms with E-state index in [1.165, 1.54) is 31.2 Å². The molecule has 2 N–H and O–H groups in total. The third kappa shape index (κ3) is 2.58. The smallest absolute Gasteiger partial charge is 0.247 e. The number of carbonyl (C=O) groups is 1. The summed E-state index contributed by atoms with van der Waals surface area (Å²) in [5, 5.41) is 6.64. The summed E-state index contributed by atoms with van der Waals surface area (Å²) in [6, 6.07) is 18.0. The van der Waals surface area contributed by atoms with Crippen molar-refractivity contribution in [1.29, 1.82) is 0 Å². The summed E-state index contributed by atoms with van der Waals surface area (Å²) in [7, 11) is 0. The highest BCUT2D eigenvalue weighted by Gasteiger charge is 2.49. The normalized spacial score (nSPS) is 21.6. The lowest BCUT2D eigenvalue weighted by Crippen LogP contribution is -2.47. The molecule has 2 aromatic rings. The molecule has 1 saturated carbocycles. The summed E-state index contributed by atoms with van der Waals surface area (Å²) in [6.45, 7) is 0. The number of rotatable bonds is 2. The fraction of sp³-hybridized carbons (Fsp3) is 0.381. The van der Waals surface area contributed by atoms with E-state index in [0.717, 1.165) is 24.2 Å². The van der Waals surface area contributed by atoms with Crippen LogP contribution < -0.4 is 10.6 Å². The molecule has 3 heteroatoms. The van der Waals surface area contributed by atoms with E-state index >= 15 is 0 Å². The molecule has 0 bridgehead atoms. The van der Waals surface area contributed by atoms with Gasteiger partial charge in [0.05, 0.1) is 0 Å². The van der Waals surface area contributed by atoms with Crippen molar-refractivity contribution in [2.24, 2.45) is 0 Å². The van der Waals surface area contributed by atoms with Gasteiger partial charge in [-0.05, 0) is 36.6 Å². The van der Waals surface area contributed by atoms with E-state index in [0.29, 0.717) is 0 Å². The number of para-hydroxylation sites is 2. The fourth-order valence-electron chi connectivity index (χ4n) is 4.46. The summed E-state index contributed by atoms with van der Waals surface area (Å²) in [5.41, 5.74) is 3.27. The van der Waals surface area contributed by atoms with Gasteiger partial charge in [-0.3, -0.25) is 4.79 Å². The van der Waals surface area contributed by atoms with E-state index in [4.69, 9.17) is 0 Å². The molecule has 0 saturated heterocycles. The van der Waals surface area contributed by atoms with Crippen molar-refractivity contribution in [3.05, 3.63) is 60.2 Å². The molecule has 1 aliphatic heterocycles. The molecule has 1 spiro atoms. The number of fused-ring (bicyclic) bond motifs is 2. The van der Waals surface area contributed by atoms with Crippen molar-refractivity contribution in [2.75, 3.05) is 10.6 Å². The Kier molecular flexibility index (Phi) is 4.01. The van der Waals surface area contributed by atoms with Crippen LogP contribution in [0.4, 0.5) is 11.4 Å². The largest absolute Gasteiger partial charge is 0.373 e. The van der Waals surface area contributed by atoms with Gasteiger partial charge in [0.1, 0.15) is 6.04 Å². The van der Waals surface area contributed by atoms with Crippen LogP contribution in [0.5, 0.6) is 0 Å². The van der Waals surface area contributed by atoms with Crippen LogP contribution in [0.2, 0.25) is 0 Å². The minimum absolute atomic E-state index is 0.0635. The Morgan fingerprint density at radius 2 is 1.58 bits per heavy atom. The first-order valence-electron chi connectivity index (χ1n) is 9.02. The Balaban J connectivity index is 1.67. The highest BCUT2D eigenvalue weighted by molar-refractivity contribution is 5.99. The van der Waals surface area contributed by atoms with Gasteiger partial charge >= 0.3 is 0 Å². The van der Waals surface area contributed by atoms with Gasteiger partial charge in [-0.2, -0.15) is 0 Å². The van der Waals surface area contributed by atoms with Crippen LogP contribution in [0.15, 0.2) is 54.6 Å². The minimum atomic E-state index is -0.187. The number of carbonyl (C=O) groups excluding carboxylic acids is 1. The second-order valence-corrected chi connectivity index (χ2v) is 7.05. The van der Waals surface area contributed by atoms with Crippen LogP contribution in [0.1, 0.15) is 44.1 Å². The first kappa shape index (κ1) is 15.3. The molecule has 2 aliphatic rings. The third-order valence-electron chi connectivity index (χ3n) is 5.62. The van der Waals surface area contributed by atoms with Crippen LogP contribution in [0.25, 0.3) is 0 Å². The van der Waals surface area contributed by atoms with E-state index in [1.807, 2.05) is 36.4 Å². The molecule has 1 unspecified atom stereocenters. The monoisotopic (exact) mass is 320 g/mol. The average molecular weight is 320 g/mol. The van der Waals surface area contributed by atoms with E-state index < -0.39 is 0 Å². The number of anilines is 2. The van der Waals surface area contributed by atoms with Gasteiger partial charge in [0.15, 0.2) is 0 Å². The molecule has 24 heavy (non-hydrogen) atoms. The first-order chi connectivity index (χ1) is 11.8. The summed E-state index contributed by atoms with van der Waals surface area (Å²) >= 11 is 0. The van der Waals surface area contributed by atoms with Gasteiger partial charge in [0.25, 0.3) is 0 Å². The minimum Gasteiger partial charge on any atom is -0.373 e. The zero-order chi connectivity index (χ0) is 16.4. The zero-order valence-electron chi connectivity index (χ0n) is 13.9. The Morgan fingerprint density at radius 3 is 2.33 bits per heavy atom. The Hall–Kier alpha value is -2.29. The summed E-state index contributed by atoms with van der Waals surface area (Å²) < 4.78 is 0. The van der Waals surface area contributed by atoms with Crippen molar-refractivity contribution in [2.45, 2.75) is 50.0 Å². The maximum Gasteiger partial charge on any atom is 0.247 e. The number of hydrogen-bond acceptors (Lipinski definition) is 2. The summed E-state index contributed by atoms with van der Waals surface area (Å²) in [4.78, 5) is 13.1. The Morgan fingerprint density at radius 1 is 0.917 bits per heavy atom.